The van der Waals surface area contributed by atoms with E-state index in [-0.39, 0.29) is 5.69 Å². The highest BCUT2D eigenvalue weighted by Gasteiger charge is 2.18. The van der Waals surface area contributed by atoms with E-state index in [9.17, 15) is 4.79 Å². The molecule has 1 aliphatic rings. The van der Waals surface area contributed by atoms with Crippen LogP contribution in [0.15, 0.2) is 53.3 Å². The fourth-order valence-electron chi connectivity index (χ4n) is 4.45. The Morgan fingerprint density at radius 2 is 1.74 bits per heavy atom. The molecule has 1 aliphatic heterocycles. The van der Waals surface area contributed by atoms with Gasteiger partial charge in [0, 0.05) is 56.4 Å². The highest BCUT2D eigenvalue weighted by molar-refractivity contribution is 6.30. The van der Waals surface area contributed by atoms with Crippen LogP contribution in [0.3, 0.4) is 0 Å². The van der Waals surface area contributed by atoms with Crippen LogP contribution < -0.4 is 20.1 Å². The van der Waals surface area contributed by atoms with Crippen LogP contribution in [0.1, 0.15) is 19.2 Å². The topological polar surface area (TPSA) is 64.8 Å². The van der Waals surface area contributed by atoms with Crippen molar-refractivity contribution in [2.45, 2.75) is 32.9 Å². The number of methoxy groups -OCH3 is 1. The van der Waals surface area contributed by atoms with Gasteiger partial charge in [0.15, 0.2) is 11.5 Å². The molecule has 2 aromatic carbocycles. The third kappa shape index (κ3) is 6.38. The van der Waals surface area contributed by atoms with Crippen LogP contribution in [0, 0.1) is 0 Å². The summed E-state index contributed by atoms with van der Waals surface area (Å²) < 4.78 is 14.5. The van der Waals surface area contributed by atoms with Crippen molar-refractivity contribution >= 4 is 17.3 Å². The zero-order valence-electron chi connectivity index (χ0n) is 20.5. The van der Waals surface area contributed by atoms with Gasteiger partial charge in [0.2, 0.25) is 0 Å². The molecule has 0 amide bonds. The Morgan fingerprint density at radius 1 is 0.971 bits per heavy atom. The molecule has 1 fully saturated rings. The summed E-state index contributed by atoms with van der Waals surface area (Å²) in [5, 5.41) is 5.35. The Morgan fingerprint density at radius 3 is 2.46 bits per heavy atom. The Hall–Kier alpha value is -2.97. The predicted octanol–water partition coefficient (Wildman–Crippen LogP) is 3.56. The van der Waals surface area contributed by atoms with Crippen LogP contribution >= 0.6 is 11.6 Å². The molecule has 8 nitrogen and oxygen atoms in total. The second-order valence-electron chi connectivity index (χ2n) is 8.59. The van der Waals surface area contributed by atoms with Gasteiger partial charge in [-0.1, -0.05) is 36.7 Å². The molecule has 35 heavy (non-hydrogen) atoms. The van der Waals surface area contributed by atoms with Gasteiger partial charge in [0.25, 0.3) is 0 Å². The highest BCUT2D eigenvalue weighted by Crippen LogP contribution is 2.25. The number of hydrogen-bond donors (Lipinski definition) is 0. The first-order chi connectivity index (χ1) is 17.1. The minimum atomic E-state index is -0.0729. The molecule has 0 bridgehead atoms. The van der Waals surface area contributed by atoms with Gasteiger partial charge < -0.3 is 14.4 Å². The predicted molar refractivity (Wildman–Crippen MR) is 139 cm³/mol. The maximum atomic E-state index is 13.0. The SMILES string of the molecule is CCc1nn(CCCN2CCN(c3cccc(Cl)c3)CC2)c(=O)n1CCOc1ccccc1OC. The fraction of sp³-hybridized carbons (Fsp3) is 0.462. The minimum Gasteiger partial charge on any atom is -0.493 e. The molecule has 0 N–H and O–H groups in total. The molecular formula is C26H34ClN5O3. The largest absolute Gasteiger partial charge is 0.493 e. The van der Waals surface area contributed by atoms with Crippen molar-refractivity contribution < 1.29 is 9.47 Å². The van der Waals surface area contributed by atoms with E-state index in [0.29, 0.717) is 37.6 Å². The molecule has 4 rings (SSSR count). The first kappa shape index (κ1) is 25.1. The lowest BCUT2D eigenvalue weighted by Gasteiger charge is -2.36. The van der Waals surface area contributed by atoms with Crippen molar-refractivity contribution in [3.8, 4) is 11.5 Å². The molecule has 188 valence electrons. The average Bonchev–Trinajstić information content (AvgIpc) is 3.19. The molecule has 0 atom stereocenters. The fourth-order valence-corrected chi connectivity index (χ4v) is 4.63. The first-order valence-corrected chi connectivity index (χ1v) is 12.6. The number of para-hydroxylation sites is 2. The first-order valence-electron chi connectivity index (χ1n) is 12.2. The van der Waals surface area contributed by atoms with E-state index in [1.807, 2.05) is 49.4 Å². The van der Waals surface area contributed by atoms with Gasteiger partial charge in [0.05, 0.1) is 13.7 Å². The van der Waals surface area contributed by atoms with E-state index in [1.54, 1.807) is 16.4 Å². The summed E-state index contributed by atoms with van der Waals surface area (Å²) in [4.78, 5) is 17.8. The molecule has 0 spiro atoms. The average molecular weight is 500 g/mol. The Balaban J connectivity index is 1.26. The lowest BCUT2D eigenvalue weighted by atomic mass is 10.2. The van der Waals surface area contributed by atoms with Crippen LogP contribution in [-0.4, -0.2) is 65.7 Å². The third-order valence-corrected chi connectivity index (χ3v) is 6.58. The Kier molecular flexibility index (Phi) is 8.71. The number of halogens is 1. The number of aromatic nitrogens is 3. The van der Waals surface area contributed by atoms with Crippen molar-refractivity contribution in [2.75, 3.05) is 51.3 Å². The Bertz CT molecular complexity index is 1150. The quantitative estimate of drug-likeness (QED) is 0.402. The zero-order valence-corrected chi connectivity index (χ0v) is 21.3. The van der Waals surface area contributed by atoms with Crippen LogP contribution in [0.25, 0.3) is 0 Å². The normalized spacial score (nSPS) is 14.3. The number of piperazine rings is 1. The van der Waals surface area contributed by atoms with Crippen LogP contribution in [0.4, 0.5) is 5.69 Å². The highest BCUT2D eigenvalue weighted by atomic mass is 35.5. The molecule has 0 unspecified atom stereocenters. The minimum absolute atomic E-state index is 0.0729. The number of anilines is 1. The monoisotopic (exact) mass is 499 g/mol. The van der Waals surface area contributed by atoms with E-state index >= 15 is 0 Å². The molecule has 1 aromatic heterocycles. The summed E-state index contributed by atoms with van der Waals surface area (Å²) in [7, 11) is 1.62. The number of hydrogen-bond acceptors (Lipinski definition) is 6. The van der Waals surface area contributed by atoms with Crippen LogP contribution in [0.2, 0.25) is 5.02 Å². The lowest BCUT2D eigenvalue weighted by Crippen LogP contribution is -2.46. The Labute approximate surface area is 211 Å². The second kappa shape index (κ2) is 12.1. The molecule has 3 aromatic rings. The smallest absolute Gasteiger partial charge is 0.346 e. The number of ether oxygens (including phenoxy) is 2. The summed E-state index contributed by atoms with van der Waals surface area (Å²) in [6, 6.07) is 15.5. The van der Waals surface area contributed by atoms with Crippen LogP contribution in [-0.2, 0) is 19.5 Å². The molecule has 0 radical (unpaired) electrons. The molecule has 0 saturated carbocycles. The van der Waals surface area contributed by atoms with Crippen molar-refractivity contribution in [2.24, 2.45) is 0 Å². The van der Waals surface area contributed by atoms with E-state index in [4.69, 9.17) is 21.1 Å². The van der Waals surface area contributed by atoms with Gasteiger partial charge in [-0.25, -0.2) is 9.48 Å². The van der Waals surface area contributed by atoms with Crippen molar-refractivity contribution in [1.82, 2.24) is 19.2 Å². The third-order valence-electron chi connectivity index (χ3n) is 6.35. The molecule has 1 saturated heterocycles. The summed E-state index contributed by atoms with van der Waals surface area (Å²) in [6.07, 6.45) is 1.58. The molecule has 2 heterocycles. The van der Waals surface area contributed by atoms with E-state index in [1.165, 1.54) is 5.69 Å². The van der Waals surface area contributed by atoms with E-state index < -0.39 is 0 Å². The van der Waals surface area contributed by atoms with Crippen molar-refractivity contribution in [1.29, 1.82) is 0 Å². The summed E-state index contributed by atoms with van der Waals surface area (Å²) >= 11 is 6.14. The number of rotatable bonds is 11. The summed E-state index contributed by atoms with van der Waals surface area (Å²) in [6.45, 7) is 8.33. The molecular weight excluding hydrogens is 466 g/mol. The van der Waals surface area contributed by atoms with Gasteiger partial charge >= 0.3 is 5.69 Å². The van der Waals surface area contributed by atoms with Crippen molar-refractivity contribution in [3.05, 3.63) is 69.9 Å². The second-order valence-corrected chi connectivity index (χ2v) is 9.03. The van der Waals surface area contributed by atoms with Crippen molar-refractivity contribution in [3.63, 3.8) is 0 Å². The zero-order chi connectivity index (χ0) is 24.6. The van der Waals surface area contributed by atoms with E-state index in [0.717, 1.165) is 50.0 Å². The summed E-state index contributed by atoms with van der Waals surface area (Å²) in [5.41, 5.74) is 1.10. The maximum absolute atomic E-state index is 13.0. The molecule has 0 aliphatic carbocycles. The maximum Gasteiger partial charge on any atom is 0.346 e. The molecule has 9 heteroatoms. The van der Waals surface area contributed by atoms with Gasteiger partial charge in [-0.05, 0) is 36.8 Å². The number of aryl methyl sites for hydroxylation is 2. The standard InChI is InChI=1S/C26H34ClN5O3/c1-3-25-28-32(26(33)31(25)18-19-35-24-11-5-4-10-23(24)34-2)13-7-12-29-14-16-30(17-15-29)22-9-6-8-21(27)20-22/h4-6,8-11,20H,3,7,12-19H2,1-2H3. The lowest BCUT2D eigenvalue weighted by molar-refractivity contribution is 0.248. The van der Waals surface area contributed by atoms with E-state index in [2.05, 4.69) is 21.0 Å². The van der Waals surface area contributed by atoms with Crippen LogP contribution in [0.5, 0.6) is 11.5 Å². The summed E-state index contributed by atoms with van der Waals surface area (Å²) in [5.74, 6) is 2.14. The van der Waals surface area contributed by atoms with Gasteiger partial charge in [-0.15, -0.1) is 0 Å². The van der Waals surface area contributed by atoms with Gasteiger partial charge in [-0.2, -0.15) is 5.10 Å². The number of nitrogens with zero attached hydrogens (tertiary/aromatic N) is 5. The van der Waals surface area contributed by atoms with Gasteiger partial charge in [0.1, 0.15) is 12.4 Å². The number of benzene rings is 2. The van der Waals surface area contributed by atoms with Gasteiger partial charge in [-0.3, -0.25) is 9.47 Å².